The van der Waals surface area contributed by atoms with Gasteiger partial charge in [-0.15, -0.1) is 0 Å². The first-order valence-electron chi connectivity index (χ1n) is 11.6. The van der Waals surface area contributed by atoms with Crippen molar-refractivity contribution in [3.05, 3.63) is 11.6 Å². The number of carbonyl (C=O) groups is 2. The Hall–Kier alpha value is -1.36. The summed E-state index contributed by atoms with van der Waals surface area (Å²) in [5.41, 5.74) is 2.40. The van der Waals surface area contributed by atoms with Crippen molar-refractivity contribution in [2.45, 2.75) is 78.2 Å². The number of hydrogen-bond donors (Lipinski definition) is 2. The van der Waals surface area contributed by atoms with Crippen molar-refractivity contribution in [1.29, 1.82) is 0 Å². The standard InChI is InChI=1S/C24H37NO4/c1-15-4-7-19-18-6-5-16-12-17(29-14-21(26)25-13-22(27)28)8-10-24(16,3)20(18)9-11-23(15,19)2/h12,15,17-20H,4-11,13-14H2,1-3H3,(H,25,26)(H,27,28)/t15?,17-,18?,19?,20?,23?,24?/m0/s1. The highest BCUT2D eigenvalue weighted by Crippen LogP contribution is 2.66. The van der Waals surface area contributed by atoms with Gasteiger partial charge in [-0.3, -0.25) is 9.59 Å². The van der Waals surface area contributed by atoms with Crippen LogP contribution in [0.2, 0.25) is 0 Å². The Bertz CT molecular complexity index is 703. The van der Waals surface area contributed by atoms with Gasteiger partial charge in [0.1, 0.15) is 13.2 Å². The van der Waals surface area contributed by atoms with Crippen LogP contribution in [0.25, 0.3) is 0 Å². The Kier molecular flexibility index (Phi) is 5.56. The Labute approximate surface area is 174 Å². The molecule has 5 heteroatoms. The summed E-state index contributed by atoms with van der Waals surface area (Å²) < 4.78 is 5.83. The molecule has 2 N–H and O–H groups in total. The number of allylic oxidation sites excluding steroid dienone is 1. The Morgan fingerprint density at radius 1 is 1.14 bits per heavy atom. The van der Waals surface area contributed by atoms with Crippen LogP contribution in [0.1, 0.15) is 72.1 Å². The van der Waals surface area contributed by atoms with E-state index >= 15 is 0 Å². The topological polar surface area (TPSA) is 75.6 Å². The second-order valence-electron chi connectivity index (χ2n) is 10.6. The average molecular weight is 404 g/mol. The summed E-state index contributed by atoms with van der Waals surface area (Å²) in [4.78, 5) is 22.3. The Morgan fingerprint density at radius 3 is 2.69 bits per heavy atom. The van der Waals surface area contributed by atoms with Crippen LogP contribution in [0.15, 0.2) is 11.6 Å². The van der Waals surface area contributed by atoms with Gasteiger partial charge in [-0.2, -0.15) is 0 Å². The number of hydrogen-bond acceptors (Lipinski definition) is 3. The van der Waals surface area contributed by atoms with E-state index in [-0.39, 0.29) is 25.2 Å². The van der Waals surface area contributed by atoms with E-state index in [1.165, 1.54) is 38.5 Å². The molecule has 162 valence electrons. The first kappa shape index (κ1) is 20.9. The van der Waals surface area contributed by atoms with Gasteiger partial charge in [0.25, 0.3) is 0 Å². The number of ether oxygens (including phenoxy) is 1. The monoisotopic (exact) mass is 403 g/mol. The second kappa shape index (κ2) is 7.72. The molecule has 0 radical (unpaired) electrons. The fourth-order valence-electron chi connectivity index (χ4n) is 7.50. The molecule has 4 aliphatic rings. The number of amides is 1. The SMILES string of the molecule is CC1CCC2C3CCC4=C[C@@H](OCC(=O)NCC(=O)O)CCC4(C)C3CCC12C. The number of rotatable bonds is 5. The molecule has 0 heterocycles. The van der Waals surface area contributed by atoms with Crippen molar-refractivity contribution in [2.24, 2.45) is 34.5 Å². The first-order chi connectivity index (χ1) is 13.7. The molecule has 3 saturated carbocycles. The minimum absolute atomic E-state index is 0.0226. The molecular formula is C24H37NO4. The molecule has 0 aromatic rings. The lowest BCUT2D eigenvalue weighted by molar-refractivity contribution is -0.139. The van der Waals surface area contributed by atoms with E-state index in [1.807, 2.05) is 0 Å². The molecule has 0 bridgehead atoms. The van der Waals surface area contributed by atoms with E-state index in [4.69, 9.17) is 9.84 Å². The predicted octanol–water partition coefficient (Wildman–Crippen LogP) is 4.17. The number of carboxylic acid groups (broad SMARTS) is 1. The van der Waals surface area contributed by atoms with Gasteiger partial charge in [-0.05, 0) is 85.9 Å². The summed E-state index contributed by atoms with van der Waals surface area (Å²) in [7, 11) is 0. The minimum Gasteiger partial charge on any atom is -0.480 e. The van der Waals surface area contributed by atoms with Crippen LogP contribution in [0.4, 0.5) is 0 Å². The molecule has 1 amide bonds. The van der Waals surface area contributed by atoms with E-state index in [1.54, 1.807) is 5.57 Å². The molecule has 6 unspecified atom stereocenters. The highest BCUT2D eigenvalue weighted by Gasteiger charge is 2.57. The van der Waals surface area contributed by atoms with Crippen LogP contribution in [-0.2, 0) is 14.3 Å². The number of carbonyl (C=O) groups excluding carboxylic acids is 1. The van der Waals surface area contributed by atoms with E-state index in [0.29, 0.717) is 10.8 Å². The highest BCUT2D eigenvalue weighted by molar-refractivity contribution is 5.81. The van der Waals surface area contributed by atoms with Gasteiger partial charge in [0.15, 0.2) is 0 Å². The van der Waals surface area contributed by atoms with Crippen LogP contribution >= 0.6 is 0 Å². The molecule has 0 aromatic carbocycles. The van der Waals surface area contributed by atoms with E-state index in [2.05, 4.69) is 32.2 Å². The Balaban J connectivity index is 1.41. The van der Waals surface area contributed by atoms with Gasteiger partial charge in [0.2, 0.25) is 5.91 Å². The fourth-order valence-corrected chi connectivity index (χ4v) is 7.50. The summed E-state index contributed by atoms with van der Waals surface area (Å²) in [5, 5.41) is 11.0. The molecule has 0 aliphatic heterocycles. The number of fused-ring (bicyclic) bond motifs is 5. The minimum atomic E-state index is -1.04. The van der Waals surface area contributed by atoms with Gasteiger partial charge in [-0.25, -0.2) is 0 Å². The maximum atomic E-state index is 11.8. The van der Waals surface area contributed by atoms with Crippen molar-refractivity contribution in [1.82, 2.24) is 5.32 Å². The van der Waals surface area contributed by atoms with E-state index in [9.17, 15) is 9.59 Å². The number of aliphatic carboxylic acids is 1. The van der Waals surface area contributed by atoms with Gasteiger partial charge >= 0.3 is 5.97 Å². The van der Waals surface area contributed by atoms with E-state index < -0.39 is 5.97 Å². The number of carboxylic acids is 1. The molecule has 0 saturated heterocycles. The van der Waals surface area contributed by atoms with Gasteiger partial charge in [0.05, 0.1) is 6.10 Å². The van der Waals surface area contributed by atoms with Crippen LogP contribution in [0.3, 0.4) is 0 Å². The van der Waals surface area contributed by atoms with Crippen molar-refractivity contribution >= 4 is 11.9 Å². The zero-order chi connectivity index (χ0) is 20.8. The van der Waals surface area contributed by atoms with Crippen LogP contribution in [0.5, 0.6) is 0 Å². The lowest BCUT2D eigenvalue weighted by Gasteiger charge is -2.58. The van der Waals surface area contributed by atoms with Gasteiger partial charge < -0.3 is 15.2 Å². The lowest BCUT2D eigenvalue weighted by Crippen LogP contribution is -2.50. The molecule has 4 rings (SSSR count). The molecule has 5 nitrogen and oxygen atoms in total. The summed E-state index contributed by atoms with van der Waals surface area (Å²) in [6.07, 6.45) is 12.4. The molecule has 0 spiro atoms. The second-order valence-corrected chi connectivity index (χ2v) is 10.6. The summed E-state index contributed by atoms with van der Waals surface area (Å²) >= 11 is 0. The summed E-state index contributed by atoms with van der Waals surface area (Å²) in [6.45, 7) is 7.12. The molecule has 29 heavy (non-hydrogen) atoms. The highest BCUT2D eigenvalue weighted by atomic mass is 16.5. The van der Waals surface area contributed by atoms with E-state index in [0.717, 1.165) is 36.5 Å². The smallest absolute Gasteiger partial charge is 0.322 e. The van der Waals surface area contributed by atoms with Crippen molar-refractivity contribution in [2.75, 3.05) is 13.2 Å². The molecule has 3 fully saturated rings. The summed E-state index contributed by atoms with van der Waals surface area (Å²) in [6, 6.07) is 0. The zero-order valence-electron chi connectivity index (χ0n) is 18.2. The van der Waals surface area contributed by atoms with Crippen LogP contribution < -0.4 is 5.32 Å². The summed E-state index contributed by atoms with van der Waals surface area (Å²) in [5.74, 6) is 2.05. The molecule has 7 atom stereocenters. The van der Waals surface area contributed by atoms with Gasteiger partial charge in [-0.1, -0.05) is 32.4 Å². The molecule has 4 aliphatic carbocycles. The maximum Gasteiger partial charge on any atom is 0.322 e. The third kappa shape index (κ3) is 3.64. The van der Waals surface area contributed by atoms with Crippen LogP contribution in [0, 0.1) is 34.5 Å². The largest absolute Gasteiger partial charge is 0.480 e. The van der Waals surface area contributed by atoms with Crippen molar-refractivity contribution in [3.8, 4) is 0 Å². The third-order valence-corrected chi connectivity index (χ3v) is 9.41. The molecule has 0 aromatic heterocycles. The third-order valence-electron chi connectivity index (χ3n) is 9.41. The maximum absolute atomic E-state index is 11.8. The van der Waals surface area contributed by atoms with Crippen molar-refractivity contribution in [3.63, 3.8) is 0 Å². The number of nitrogens with one attached hydrogen (secondary N) is 1. The lowest BCUT2D eigenvalue weighted by atomic mass is 9.47. The van der Waals surface area contributed by atoms with Crippen molar-refractivity contribution < 1.29 is 19.4 Å². The quantitative estimate of drug-likeness (QED) is 0.676. The normalized spacial score (nSPS) is 43.6. The van der Waals surface area contributed by atoms with Gasteiger partial charge in [0, 0.05) is 0 Å². The fraction of sp³-hybridized carbons (Fsp3) is 0.833. The Morgan fingerprint density at radius 2 is 1.93 bits per heavy atom. The first-order valence-corrected chi connectivity index (χ1v) is 11.6. The predicted molar refractivity (Wildman–Crippen MR) is 111 cm³/mol. The van der Waals surface area contributed by atoms with Crippen LogP contribution in [-0.4, -0.2) is 36.2 Å². The average Bonchev–Trinajstić information content (AvgIpc) is 2.99. The molecular weight excluding hydrogens is 366 g/mol. The zero-order valence-corrected chi connectivity index (χ0v) is 18.2.